The standard InChI is InChI=1S/C25H44O2Si2/c1-24-15-13-19(26-28(3,4)5)17-18(24)9-10-20-21-11-12-23(27-29(6,7)8)25(21,2)16-14-22(20)24/h13,15,17-18,20-23H,9-12,14,16H2,1-8H3. The van der Waals surface area contributed by atoms with Crippen LogP contribution in [-0.2, 0) is 8.85 Å². The van der Waals surface area contributed by atoms with Crippen LogP contribution in [0, 0.1) is 34.5 Å². The average molecular weight is 433 g/mol. The molecule has 0 amide bonds. The first-order chi connectivity index (χ1) is 13.3. The molecule has 4 aliphatic carbocycles. The minimum atomic E-state index is -1.55. The van der Waals surface area contributed by atoms with Crippen molar-refractivity contribution in [1.82, 2.24) is 0 Å². The summed E-state index contributed by atoms with van der Waals surface area (Å²) in [6, 6.07) is 0. The fourth-order valence-electron chi connectivity index (χ4n) is 7.44. The molecule has 2 nitrogen and oxygen atoms in total. The molecular formula is C25H44O2Si2. The summed E-state index contributed by atoms with van der Waals surface area (Å²) in [5, 5.41) is 0. The fourth-order valence-corrected chi connectivity index (χ4v) is 9.52. The van der Waals surface area contributed by atoms with Crippen LogP contribution in [-0.4, -0.2) is 22.7 Å². The van der Waals surface area contributed by atoms with Gasteiger partial charge in [-0.25, -0.2) is 0 Å². The Labute approximate surface area is 181 Å². The molecule has 0 heterocycles. The van der Waals surface area contributed by atoms with E-state index in [-0.39, 0.29) is 0 Å². The highest BCUT2D eigenvalue weighted by atomic mass is 28.4. The summed E-state index contributed by atoms with van der Waals surface area (Å²) in [6.45, 7) is 19.1. The number of fused-ring (bicyclic) bond motifs is 5. The molecule has 29 heavy (non-hydrogen) atoms. The smallest absolute Gasteiger partial charge is 0.242 e. The van der Waals surface area contributed by atoms with E-state index >= 15 is 0 Å². The molecule has 164 valence electrons. The second kappa shape index (κ2) is 7.10. The molecule has 4 aliphatic rings. The van der Waals surface area contributed by atoms with Gasteiger partial charge in [0.1, 0.15) is 0 Å². The number of allylic oxidation sites excluding steroid dienone is 3. The van der Waals surface area contributed by atoms with Crippen molar-refractivity contribution in [1.29, 1.82) is 0 Å². The largest absolute Gasteiger partial charge is 0.545 e. The molecule has 0 saturated heterocycles. The van der Waals surface area contributed by atoms with Gasteiger partial charge in [0.05, 0.1) is 11.9 Å². The van der Waals surface area contributed by atoms with E-state index in [0.717, 1.165) is 23.5 Å². The molecule has 7 unspecified atom stereocenters. The SMILES string of the molecule is CC12C=CC(O[Si](C)(C)C)=CC1CCC1C2CCC2(C)C(O[Si](C)(C)C)CCC12. The van der Waals surface area contributed by atoms with Crippen LogP contribution in [0.5, 0.6) is 0 Å². The van der Waals surface area contributed by atoms with Crippen molar-refractivity contribution >= 4 is 16.6 Å². The Kier molecular flexibility index (Phi) is 5.36. The number of rotatable bonds is 4. The molecule has 0 aromatic heterocycles. The molecule has 0 N–H and O–H groups in total. The van der Waals surface area contributed by atoms with Crippen LogP contribution < -0.4 is 0 Å². The summed E-state index contributed by atoms with van der Waals surface area (Å²) in [5.41, 5.74) is 0.721. The van der Waals surface area contributed by atoms with Crippen molar-refractivity contribution in [3.05, 3.63) is 24.0 Å². The molecule has 4 rings (SSSR count). The normalized spacial score (nSPS) is 44.6. The third-order valence-corrected chi connectivity index (χ3v) is 10.5. The van der Waals surface area contributed by atoms with Crippen molar-refractivity contribution in [2.45, 2.75) is 97.8 Å². The zero-order valence-corrected chi connectivity index (χ0v) is 22.2. The Morgan fingerprint density at radius 1 is 0.862 bits per heavy atom. The van der Waals surface area contributed by atoms with Crippen LogP contribution in [0.2, 0.25) is 39.3 Å². The molecule has 0 aromatic rings. The summed E-state index contributed by atoms with van der Waals surface area (Å²) in [5.74, 6) is 4.36. The van der Waals surface area contributed by atoms with Crippen molar-refractivity contribution in [3.8, 4) is 0 Å². The van der Waals surface area contributed by atoms with E-state index in [2.05, 4.69) is 71.4 Å². The molecule has 3 fully saturated rings. The highest BCUT2D eigenvalue weighted by Crippen LogP contribution is 2.65. The zero-order valence-electron chi connectivity index (χ0n) is 20.2. The van der Waals surface area contributed by atoms with Crippen molar-refractivity contribution < 1.29 is 8.85 Å². The van der Waals surface area contributed by atoms with Crippen LogP contribution in [0.25, 0.3) is 0 Å². The van der Waals surface area contributed by atoms with Gasteiger partial charge in [0.25, 0.3) is 0 Å². The van der Waals surface area contributed by atoms with Gasteiger partial charge in [0.15, 0.2) is 8.32 Å². The predicted octanol–water partition coefficient (Wildman–Crippen LogP) is 7.37. The lowest BCUT2D eigenvalue weighted by Gasteiger charge is -2.58. The van der Waals surface area contributed by atoms with E-state index in [0.29, 0.717) is 22.9 Å². The molecule has 0 spiro atoms. The maximum atomic E-state index is 6.75. The lowest BCUT2D eigenvalue weighted by molar-refractivity contribution is -0.0819. The van der Waals surface area contributed by atoms with Crippen molar-refractivity contribution in [2.75, 3.05) is 0 Å². The summed E-state index contributed by atoms with van der Waals surface area (Å²) in [7, 11) is -3.03. The van der Waals surface area contributed by atoms with E-state index in [9.17, 15) is 0 Å². The van der Waals surface area contributed by atoms with Crippen LogP contribution in [0.15, 0.2) is 24.0 Å². The first-order valence-corrected chi connectivity index (χ1v) is 18.9. The Morgan fingerprint density at radius 2 is 1.59 bits per heavy atom. The molecule has 3 saturated carbocycles. The minimum Gasteiger partial charge on any atom is -0.545 e. The maximum absolute atomic E-state index is 6.75. The van der Waals surface area contributed by atoms with Gasteiger partial charge in [0, 0.05) is 0 Å². The zero-order chi connectivity index (χ0) is 21.2. The summed E-state index contributed by atoms with van der Waals surface area (Å²) in [4.78, 5) is 0. The average Bonchev–Trinajstić information content (AvgIpc) is 2.89. The topological polar surface area (TPSA) is 18.5 Å². The molecular weight excluding hydrogens is 388 g/mol. The fraction of sp³-hybridized carbons (Fsp3) is 0.840. The minimum absolute atomic E-state index is 0.314. The van der Waals surface area contributed by atoms with Gasteiger partial charge < -0.3 is 8.85 Å². The van der Waals surface area contributed by atoms with Crippen molar-refractivity contribution in [3.63, 3.8) is 0 Å². The monoisotopic (exact) mass is 432 g/mol. The lowest BCUT2D eigenvalue weighted by atomic mass is 9.47. The van der Waals surface area contributed by atoms with Crippen molar-refractivity contribution in [2.24, 2.45) is 34.5 Å². The van der Waals surface area contributed by atoms with E-state index in [1.54, 1.807) is 0 Å². The van der Waals surface area contributed by atoms with Gasteiger partial charge in [-0.2, -0.15) is 0 Å². The summed E-state index contributed by atoms with van der Waals surface area (Å²) in [6.07, 6.45) is 16.0. The highest BCUT2D eigenvalue weighted by molar-refractivity contribution is 6.70. The molecule has 4 heteroatoms. The highest BCUT2D eigenvalue weighted by Gasteiger charge is 2.59. The van der Waals surface area contributed by atoms with E-state index in [4.69, 9.17) is 8.85 Å². The maximum Gasteiger partial charge on any atom is 0.242 e. The van der Waals surface area contributed by atoms with Crippen LogP contribution >= 0.6 is 0 Å². The van der Waals surface area contributed by atoms with Gasteiger partial charge in [-0.3, -0.25) is 0 Å². The second-order valence-corrected chi connectivity index (χ2v) is 21.8. The quantitative estimate of drug-likeness (QED) is 0.432. The first kappa shape index (κ1) is 21.9. The van der Waals surface area contributed by atoms with Gasteiger partial charge in [-0.1, -0.05) is 19.9 Å². The Morgan fingerprint density at radius 3 is 2.24 bits per heavy atom. The number of hydrogen-bond donors (Lipinski definition) is 0. The second-order valence-electron chi connectivity index (χ2n) is 12.9. The molecule has 0 aliphatic heterocycles. The van der Waals surface area contributed by atoms with Gasteiger partial charge in [-0.05, 0) is 124 Å². The number of hydrogen-bond acceptors (Lipinski definition) is 2. The lowest BCUT2D eigenvalue weighted by Crippen LogP contribution is -2.53. The summed E-state index contributed by atoms with van der Waals surface area (Å²) >= 11 is 0. The third-order valence-electron chi connectivity index (χ3n) is 8.65. The van der Waals surface area contributed by atoms with Crippen LogP contribution in [0.1, 0.15) is 52.4 Å². The Balaban J connectivity index is 1.54. The molecule has 0 aromatic carbocycles. The van der Waals surface area contributed by atoms with Gasteiger partial charge >= 0.3 is 0 Å². The third kappa shape index (κ3) is 3.98. The molecule has 7 atom stereocenters. The van der Waals surface area contributed by atoms with Crippen LogP contribution in [0.3, 0.4) is 0 Å². The predicted molar refractivity (Wildman–Crippen MR) is 128 cm³/mol. The summed E-state index contributed by atoms with van der Waals surface area (Å²) < 4.78 is 13.1. The van der Waals surface area contributed by atoms with Gasteiger partial charge in [0.2, 0.25) is 8.32 Å². The Bertz CT molecular complexity index is 701. The molecule has 0 radical (unpaired) electrons. The molecule has 0 bridgehead atoms. The first-order valence-electron chi connectivity index (χ1n) is 12.1. The van der Waals surface area contributed by atoms with E-state index in [1.807, 2.05) is 0 Å². The van der Waals surface area contributed by atoms with E-state index < -0.39 is 16.6 Å². The van der Waals surface area contributed by atoms with Crippen LogP contribution in [0.4, 0.5) is 0 Å². The van der Waals surface area contributed by atoms with Gasteiger partial charge in [-0.15, -0.1) is 0 Å². The van der Waals surface area contributed by atoms with E-state index in [1.165, 1.54) is 38.5 Å². The Hall–Kier alpha value is -0.326.